The quantitative estimate of drug-likeness (QED) is 0.607. The number of aliphatic hydroxyl groups excluding tert-OH is 1. The fourth-order valence-corrected chi connectivity index (χ4v) is 4.37. The van der Waals surface area contributed by atoms with Crippen LogP contribution in [0.1, 0.15) is 5.56 Å². The van der Waals surface area contributed by atoms with Gasteiger partial charge < -0.3 is 5.11 Å². The Labute approximate surface area is 146 Å². The van der Waals surface area contributed by atoms with Crippen LogP contribution in [-0.2, 0) is 0 Å². The standard InChI is InChI=1S/C20H20OS2/c1-15-9-11-18(12-10-15)22-13-17(21)14-23-20-8-4-6-16-5-2-3-7-19(16)20/h2-12,17,21H,13-14H2,1H3. The van der Waals surface area contributed by atoms with E-state index in [1.165, 1.54) is 26.1 Å². The lowest BCUT2D eigenvalue weighted by molar-refractivity contribution is 0.225. The van der Waals surface area contributed by atoms with Gasteiger partial charge in [-0.25, -0.2) is 0 Å². The van der Waals surface area contributed by atoms with Crippen molar-refractivity contribution in [2.45, 2.75) is 22.8 Å². The summed E-state index contributed by atoms with van der Waals surface area (Å²) in [5.41, 5.74) is 1.27. The predicted molar refractivity (Wildman–Crippen MR) is 103 cm³/mol. The summed E-state index contributed by atoms with van der Waals surface area (Å²) in [6.07, 6.45) is -0.315. The molecule has 1 unspecified atom stereocenters. The van der Waals surface area contributed by atoms with Gasteiger partial charge in [0.2, 0.25) is 0 Å². The Bertz CT molecular complexity index is 763. The maximum atomic E-state index is 10.3. The van der Waals surface area contributed by atoms with Crippen LogP contribution in [0.3, 0.4) is 0 Å². The maximum Gasteiger partial charge on any atom is 0.0727 e. The average Bonchev–Trinajstić information content (AvgIpc) is 2.59. The lowest BCUT2D eigenvalue weighted by Gasteiger charge is -2.11. The Morgan fingerprint density at radius 3 is 2.35 bits per heavy atom. The minimum atomic E-state index is -0.315. The fraction of sp³-hybridized carbons (Fsp3) is 0.200. The van der Waals surface area contributed by atoms with Gasteiger partial charge in [-0.05, 0) is 35.9 Å². The fourth-order valence-electron chi connectivity index (χ4n) is 2.38. The van der Waals surface area contributed by atoms with E-state index in [4.69, 9.17) is 0 Å². The minimum Gasteiger partial charge on any atom is -0.391 e. The molecule has 0 aliphatic heterocycles. The molecule has 1 atom stereocenters. The SMILES string of the molecule is Cc1ccc(SCC(O)CSc2cccc3ccccc23)cc1. The molecule has 1 N–H and O–H groups in total. The van der Waals surface area contributed by atoms with Crippen LogP contribution >= 0.6 is 23.5 Å². The van der Waals surface area contributed by atoms with E-state index in [-0.39, 0.29) is 6.10 Å². The number of hydrogen-bond acceptors (Lipinski definition) is 3. The van der Waals surface area contributed by atoms with Gasteiger partial charge in [0.1, 0.15) is 0 Å². The number of benzene rings is 3. The molecule has 0 aromatic heterocycles. The van der Waals surface area contributed by atoms with E-state index in [1.807, 2.05) is 0 Å². The third kappa shape index (κ3) is 4.54. The normalized spacial score (nSPS) is 12.4. The van der Waals surface area contributed by atoms with Gasteiger partial charge in [-0.15, -0.1) is 23.5 Å². The molecule has 0 aliphatic carbocycles. The first-order chi connectivity index (χ1) is 11.2. The third-order valence-corrected chi connectivity index (χ3v) is 6.02. The van der Waals surface area contributed by atoms with Gasteiger partial charge in [-0.1, -0.05) is 54.1 Å². The average molecular weight is 341 g/mol. The topological polar surface area (TPSA) is 20.2 Å². The van der Waals surface area contributed by atoms with Gasteiger partial charge in [0.25, 0.3) is 0 Å². The summed E-state index contributed by atoms with van der Waals surface area (Å²) in [6.45, 7) is 2.09. The Kier molecular flexibility index (Phi) is 5.65. The monoisotopic (exact) mass is 340 g/mol. The van der Waals surface area contributed by atoms with Crippen molar-refractivity contribution in [1.29, 1.82) is 0 Å². The van der Waals surface area contributed by atoms with E-state index >= 15 is 0 Å². The van der Waals surface area contributed by atoms with Crippen molar-refractivity contribution in [3.8, 4) is 0 Å². The molecule has 0 radical (unpaired) electrons. The molecule has 0 saturated carbocycles. The first kappa shape index (κ1) is 16.4. The summed E-state index contributed by atoms with van der Waals surface area (Å²) in [4.78, 5) is 2.45. The number of fused-ring (bicyclic) bond motifs is 1. The predicted octanol–water partition coefficient (Wildman–Crippen LogP) is 5.39. The van der Waals surface area contributed by atoms with Crippen molar-refractivity contribution < 1.29 is 5.11 Å². The zero-order valence-corrected chi connectivity index (χ0v) is 14.7. The van der Waals surface area contributed by atoms with Gasteiger partial charge >= 0.3 is 0 Å². The molecule has 0 spiro atoms. The van der Waals surface area contributed by atoms with Crippen LogP contribution in [-0.4, -0.2) is 22.7 Å². The number of hydrogen-bond donors (Lipinski definition) is 1. The van der Waals surface area contributed by atoms with Crippen LogP contribution in [0.5, 0.6) is 0 Å². The molecular weight excluding hydrogens is 320 g/mol. The van der Waals surface area contributed by atoms with E-state index < -0.39 is 0 Å². The first-order valence-electron chi connectivity index (χ1n) is 7.70. The summed E-state index contributed by atoms with van der Waals surface area (Å²) >= 11 is 3.44. The molecule has 3 aromatic carbocycles. The maximum absolute atomic E-state index is 10.3. The van der Waals surface area contributed by atoms with E-state index in [0.29, 0.717) is 5.75 Å². The van der Waals surface area contributed by atoms with Crippen molar-refractivity contribution in [2.24, 2.45) is 0 Å². The summed E-state index contributed by atoms with van der Waals surface area (Å²) in [7, 11) is 0. The lowest BCUT2D eigenvalue weighted by atomic mass is 10.1. The molecule has 0 aliphatic rings. The number of aryl methyl sites for hydroxylation is 1. The highest BCUT2D eigenvalue weighted by atomic mass is 32.2. The van der Waals surface area contributed by atoms with Crippen molar-refractivity contribution in [1.82, 2.24) is 0 Å². The van der Waals surface area contributed by atoms with Crippen LogP contribution in [0.2, 0.25) is 0 Å². The molecule has 0 heterocycles. The highest BCUT2D eigenvalue weighted by molar-refractivity contribution is 8.00. The zero-order valence-electron chi connectivity index (χ0n) is 13.1. The number of rotatable bonds is 6. The molecule has 118 valence electrons. The minimum absolute atomic E-state index is 0.315. The Hall–Kier alpha value is -1.42. The van der Waals surface area contributed by atoms with Gasteiger partial charge in [0, 0.05) is 21.3 Å². The van der Waals surface area contributed by atoms with Crippen LogP contribution in [0.15, 0.2) is 76.5 Å². The van der Waals surface area contributed by atoms with Gasteiger partial charge in [0.05, 0.1) is 6.10 Å². The first-order valence-corrected chi connectivity index (χ1v) is 9.67. The molecule has 0 amide bonds. The Morgan fingerprint density at radius 1 is 0.826 bits per heavy atom. The molecule has 3 heteroatoms. The van der Waals surface area contributed by atoms with Crippen LogP contribution in [0, 0.1) is 6.92 Å². The second-order valence-corrected chi connectivity index (χ2v) is 7.72. The van der Waals surface area contributed by atoms with Crippen LogP contribution < -0.4 is 0 Å². The van der Waals surface area contributed by atoms with Crippen molar-refractivity contribution in [3.63, 3.8) is 0 Å². The van der Waals surface area contributed by atoms with Gasteiger partial charge in [-0.2, -0.15) is 0 Å². The molecular formula is C20H20OS2. The van der Waals surface area contributed by atoms with Crippen molar-refractivity contribution in [2.75, 3.05) is 11.5 Å². The smallest absolute Gasteiger partial charge is 0.0727 e. The Balaban J connectivity index is 1.56. The molecule has 0 saturated heterocycles. The molecule has 1 nitrogen and oxygen atoms in total. The Morgan fingerprint density at radius 2 is 1.52 bits per heavy atom. The van der Waals surface area contributed by atoms with E-state index in [2.05, 4.69) is 73.7 Å². The summed E-state index contributed by atoms with van der Waals surface area (Å²) < 4.78 is 0. The highest BCUT2D eigenvalue weighted by Crippen LogP contribution is 2.29. The third-order valence-electron chi connectivity index (χ3n) is 3.64. The molecule has 3 aromatic rings. The second-order valence-electron chi connectivity index (χ2n) is 5.57. The molecule has 3 rings (SSSR count). The molecule has 0 bridgehead atoms. The van der Waals surface area contributed by atoms with E-state index in [1.54, 1.807) is 23.5 Å². The van der Waals surface area contributed by atoms with Crippen LogP contribution in [0.4, 0.5) is 0 Å². The lowest BCUT2D eigenvalue weighted by Crippen LogP contribution is -2.12. The summed E-state index contributed by atoms with van der Waals surface area (Å²) in [6, 6.07) is 23.2. The summed E-state index contributed by atoms with van der Waals surface area (Å²) in [5.74, 6) is 1.44. The van der Waals surface area contributed by atoms with Crippen molar-refractivity contribution in [3.05, 3.63) is 72.3 Å². The van der Waals surface area contributed by atoms with E-state index in [9.17, 15) is 5.11 Å². The summed E-state index contributed by atoms with van der Waals surface area (Å²) in [5, 5.41) is 12.8. The molecule has 0 fully saturated rings. The highest BCUT2D eigenvalue weighted by Gasteiger charge is 2.08. The van der Waals surface area contributed by atoms with E-state index in [0.717, 1.165) is 5.75 Å². The van der Waals surface area contributed by atoms with Gasteiger partial charge in [-0.3, -0.25) is 0 Å². The van der Waals surface area contributed by atoms with Crippen LogP contribution in [0.25, 0.3) is 10.8 Å². The van der Waals surface area contributed by atoms with Gasteiger partial charge in [0.15, 0.2) is 0 Å². The van der Waals surface area contributed by atoms with Crippen molar-refractivity contribution >= 4 is 34.3 Å². The number of aliphatic hydroxyl groups is 1. The number of thioether (sulfide) groups is 2. The molecule has 23 heavy (non-hydrogen) atoms. The largest absolute Gasteiger partial charge is 0.391 e. The second kappa shape index (κ2) is 7.91. The zero-order chi connectivity index (χ0) is 16.1.